The number of carbonyl (C=O) groups excluding carboxylic acids is 2. The zero-order valence-electron chi connectivity index (χ0n) is 17.7. The topological polar surface area (TPSA) is 95.4 Å². The second-order valence-electron chi connectivity index (χ2n) is 7.62. The molecule has 0 amide bonds. The molecular weight excluding hydrogens is 400 g/mol. The number of aromatic nitrogens is 2. The first-order valence-electron chi connectivity index (χ1n) is 10.2. The number of rotatable bonds is 9. The number of nitrogens with zero attached hydrogens (tertiary/aromatic N) is 3. The Morgan fingerprint density at radius 1 is 1.30 bits per heavy atom. The highest BCUT2D eigenvalue weighted by atomic mass is 32.1. The number of nitrogens with one attached hydrogen (secondary N) is 1. The van der Waals surface area contributed by atoms with E-state index in [0.717, 1.165) is 31.0 Å². The van der Waals surface area contributed by atoms with Crippen molar-refractivity contribution in [3.8, 4) is 0 Å². The van der Waals surface area contributed by atoms with Crippen LogP contribution in [0.3, 0.4) is 0 Å². The van der Waals surface area contributed by atoms with Gasteiger partial charge in [-0.1, -0.05) is 0 Å². The number of anilines is 1. The summed E-state index contributed by atoms with van der Waals surface area (Å²) in [7, 11) is 3.97. The molecule has 0 unspecified atom stereocenters. The highest BCUT2D eigenvalue weighted by molar-refractivity contribution is 7.14. The molecule has 0 radical (unpaired) electrons. The Hall–Kier alpha value is -2.58. The van der Waals surface area contributed by atoms with Crippen molar-refractivity contribution in [3.05, 3.63) is 45.0 Å². The van der Waals surface area contributed by atoms with Gasteiger partial charge in [0, 0.05) is 30.3 Å². The first kappa shape index (κ1) is 22.1. The number of aliphatic hydroxyl groups excluding tert-OH is 1. The van der Waals surface area contributed by atoms with Gasteiger partial charge < -0.3 is 15.3 Å². The summed E-state index contributed by atoms with van der Waals surface area (Å²) in [6, 6.07) is 3.53. The number of fused-ring (bicyclic) bond motifs is 1. The van der Waals surface area contributed by atoms with E-state index in [1.807, 2.05) is 21.0 Å². The van der Waals surface area contributed by atoms with Gasteiger partial charge >= 0.3 is 0 Å². The molecule has 8 heteroatoms. The summed E-state index contributed by atoms with van der Waals surface area (Å²) in [5.74, 6) is 0.628. The molecule has 30 heavy (non-hydrogen) atoms. The molecule has 2 heterocycles. The predicted octanol–water partition coefficient (Wildman–Crippen LogP) is 3.52. The molecule has 3 rings (SSSR count). The Kier molecular flexibility index (Phi) is 7.33. The Morgan fingerprint density at radius 2 is 2.10 bits per heavy atom. The van der Waals surface area contributed by atoms with Crippen LogP contribution in [0.1, 0.15) is 52.1 Å². The predicted molar refractivity (Wildman–Crippen MR) is 119 cm³/mol. The van der Waals surface area contributed by atoms with Crippen LogP contribution < -0.4 is 5.32 Å². The smallest absolute Gasteiger partial charge is 0.204 e. The minimum Gasteiger partial charge on any atom is -0.507 e. The van der Waals surface area contributed by atoms with E-state index in [2.05, 4.69) is 20.2 Å². The van der Waals surface area contributed by atoms with Crippen LogP contribution >= 0.6 is 11.3 Å². The first-order valence-corrected chi connectivity index (χ1v) is 11.0. The minimum atomic E-state index is -0.201. The minimum absolute atomic E-state index is 0.0316. The van der Waals surface area contributed by atoms with Crippen molar-refractivity contribution in [2.24, 2.45) is 0 Å². The van der Waals surface area contributed by atoms with Crippen LogP contribution in [0.15, 0.2) is 23.9 Å². The Morgan fingerprint density at radius 3 is 2.77 bits per heavy atom. The maximum Gasteiger partial charge on any atom is 0.204 e. The fraction of sp³-hybridized carbons (Fsp3) is 0.455. The van der Waals surface area contributed by atoms with Gasteiger partial charge in [-0.15, -0.1) is 11.3 Å². The molecule has 2 aromatic heterocycles. The van der Waals surface area contributed by atoms with Gasteiger partial charge in [-0.3, -0.25) is 9.59 Å². The lowest BCUT2D eigenvalue weighted by molar-refractivity contribution is -0.118. The normalized spacial score (nSPS) is 15.3. The summed E-state index contributed by atoms with van der Waals surface area (Å²) in [4.78, 5) is 36.6. The standard InChI is InChI=1S/C22H28N4O3S/c1-4-23-18-10-7-14(13-24-18)20(28)16-8-9-17-22(21(16)29)30-19(25-17)12-15(27)6-5-11-26(2)3/h7,10,13,28H,4-6,8-9,11-12H2,1-3H3,(H,23,24). The fourth-order valence-corrected chi connectivity index (χ4v) is 4.49. The van der Waals surface area contributed by atoms with E-state index >= 15 is 0 Å². The van der Waals surface area contributed by atoms with Crippen LogP contribution in [0.25, 0.3) is 5.76 Å². The van der Waals surface area contributed by atoms with Gasteiger partial charge in [0.15, 0.2) is 0 Å². The summed E-state index contributed by atoms with van der Waals surface area (Å²) < 4.78 is 0. The number of aliphatic hydroxyl groups is 1. The molecule has 0 aromatic carbocycles. The average Bonchev–Trinajstić information content (AvgIpc) is 3.12. The quantitative estimate of drug-likeness (QED) is 0.466. The summed E-state index contributed by atoms with van der Waals surface area (Å²) in [5, 5.41) is 14.5. The van der Waals surface area contributed by atoms with Crippen molar-refractivity contribution in [2.75, 3.05) is 32.5 Å². The summed E-state index contributed by atoms with van der Waals surface area (Å²) >= 11 is 1.27. The number of hydrogen-bond donors (Lipinski definition) is 2. The summed E-state index contributed by atoms with van der Waals surface area (Å²) in [6.45, 7) is 3.61. The molecule has 0 saturated heterocycles. The molecule has 2 N–H and O–H groups in total. The molecule has 7 nitrogen and oxygen atoms in total. The van der Waals surface area contributed by atoms with Crippen molar-refractivity contribution in [2.45, 2.75) is 39.0 Å². The van der Waals surface area contributed by atoms with Gasteiger partial charge in [0.1, 0.15) is 22.4 Å². The van der Waals surface area contributed by atoms with Gasteiger partial charge in [-0.05, 0) is 59.0 Å². The third-order valence-electron chi connectivity index (χ3n) is 4.92. The molecule has 1 aliphatic carbocycles. The van der Waals surface area contributed by atoms with Crippen molar-refractivity contribution < 1.29 is 14.7 Å². The van der Waals surface area contributed by atoms with E-state index in [1.165, 1.54) is 11.3 Å². The third kappa shape index (κ3) is 5.31. The second-order valence-corrected chi connectivity index (χ2v) is 8.71. The maximum atomic E-state index is 13.0. The largest absolute Gasteiger partial charge is 0.507 e. The lowest BCUT2D eigenvalue weighted by Gasteiger charge is -2.14. The second kappa shape index (κ2) is 9.95. The SMILES string of the molecule is CCNc1ccc(C(O)=C2CCc3nc(CC(=O)CCCN(C)C)sc3C2=O)cn1. The summed E-state index contributed by atoms with van der Waals surface area (Å²) in [5.41, 5.74) is 1.63. The van der Waals surface area contributed by atoms with Crippen LogP contribution in [0.4, 0.5) is 5.82 Å². The highest BCUT2D eigenvalue weighted by Crippen LogP contribution is 2.33. The lowest BCUT2D eigenvalue weighted by atomic mass is 9.93. The van der Waals surface area contributed by atoms with E-state index in [4.69, 9.17) is 0 Å². The number of Topliss-reactive ketones (excluding diaryl/α,β-unsaturated/α-hetero) is 2. The fourth-order valence-electron chi connectivity index (χ4n) is 3.39. The molecule has 0 fully saturated rings. The Bertz CT molecular complexity index is 948. The van der Waals surface area contributed by atoms with Crippen LogP contribution in [0.2, 0.25) is 0 Å². The maximum absolute atomic E-state index is 13.0. The molecule has 0 bridgehead atoms. The lowest BCUT2D eigenvalue weighted by Crippen LogP contribution is -2.14. The molecule has 2 aromatic rings. The van der Waals surface area contributed by atoms with Gasteiger partial charge in [0.2, 0.25) is 5.78 Å². The van der Waals surface area contributed by atoms with E-state index in [1.54, 1.807) is 18.3 Å². The number of aryl methyl sites for hydroxylation is 1. The number of hydrogen-bond acceptors (Lipinski definition) is 8. The third-order valence-corrected chi connectivity index (χ3v) is 6.02. The first-order chi connectivity index (χ1) is 14.4. The van der Waals surface area contributed by atoms with Gasteiger partial charge in [0.05, 0.1) is 17.0 Å². The van der Waals surface area contributed by atoms with Crippen LogP contribution in [-0.2, 0) is 17.6 Å². The van der Waals surface area contributed by atoms with Crippen LogP contribution in [0.5, 0.6) is 0 Å². The number of allylic oxidation sites excluding steroid dienone is 1. The van der Waals surface area contributed by atoms with Gasteiger partial charge in [-0.2, -0.15) is 0 Å². The van der Waals surface area contributed by atoms with Gasteiger partial charge in [0.25, 0.3) is 0 Å². The number of thiazole rings is 1. The average molecular weight is 429 g/mol. The number of pyridine rings is 1. The molecule has 1 aliphatic rings. The Labute approximate surface area is 180 Å². The van der Waals surface area contributed by atoms with Gasteiger partial charge in [-0.25, -0.2) is 9.97 Å². The Balaban J connectivity index is 1.72. The van der Waals surface area contributed by atoms with Crippen molar-refractivity contribution >= 4 is 34.5 Å². The molecule has 0 aliphatic heterocycles. The zero-order valence-corrected chi connectivity index (χ0v) is 18.5. The molecule has 0 atom stereocenters. The molecule has 0 spiro atoms. The summed E-state index contributed by atoms with van der Waals surface area (Å²) in [6.07, 6.45) is 4.16. The van der Waals surface area contributed by atoms with Crippen molar-refractivity contribution in [3.63, 3.8) is 0 Å². The van der Waals surface area contributed by atoms with Crippen molar-refractivity contribution in [1.82, 2.24) is 14.9 Å². The van der Waals surface area contributed by atoms with Crippen molar-refractivity contribution in [1.29, 1.82) is 0 Å². The highest BCUT2D eigenvalue weighted by Gasteiger charge is 2.29. The monoisotopic (exact) mass is 428 g/mol. The van der Waals surface area contributed by atoms with E-state index in [9.17, 15) is 14.7 Å². The zero-order chi connectivity index (χ0) is 21.7. The number of carbonyl (C=O) groups is 2. The molecule has 0 saturated carbocycles. The van der Waals surface area contributed by atoms with E-state index in [0.29, 0.717) is 40.3 Å². The van der Waals surface area contributed by atoms with Crippen LogP contribution in [0, 0.1) is 0 Å². The molecule has 160 valence electrons. The number of ketones is 2. The van der Waals surface area contributed by atoms with E-state index < -0.39 is 0 Å². The van der Waals surface area contributed by atoms with Crippen LogP contribution in [-0.4, -0.2) is 58.7 Å². The molecular formula is C22H28N4O3S. The van der Waals surface area contributed by atoms with E-state index in [-0.39, 0.29) is 23.7 Å².